The second-order valence-corrected chi connectivity index (χ2v) is 11.0. The number of aliphatic hydroxyl groups is 1. The molecule has 222 valence electrons. The van der Waals surface area contributed by atoms with Crippen molar-refractivity contribution in [1.29, 1.82) is 0 Å². The van der Waals surface area contributed by atoms with Crippen molar-refractivity contribution < 1.29 is 33.1 Å². The first kappa shape index (κ1) is 35.7. The van der Waals surface area contributed by atoms with Crippen LogP contribution >= 0.6 is 0 Å². The van der Waals surface area contributed by atoms with Gasteiger partial charge in [0.2, 0.25) is 17.7 Å². The monoisotopic (exact) mass is 548 g/mol. The second-order valence-electron chi connectivity index (χ2n) is 11.0. The third kappa shape index (κ3) is 11.2. The van der Waals surface area contributed by atoms with Crippen LogP contribution < -0.4 is 16.0 Å². The highest BCUT2D eigenvalue weighted by Crippen LogP contribution is 2.26. The van der Waals surface area contributed by atoms with Gasteiger partial charge in [0.25, 0.3) is 5.91 Å². The van der Waals surface area contributed by atoms with E-state index in [1.54, 1.807) is 34.6 Å². The van der Waals surface area contributed by atoms with E-state index in [9.17, 15) is 24.3 Å². The molecule has 38 heavy (non-hydrogen) atoms. The molecule has 0 saturated carbocycles. The fourth-order valence-corrected chi connectivity index (χ4v) is 3.86. The van der Waals surface area contributed by atoms with Crippen molar-refractivity contribution >= 4 is 23.6 Å². The van der Waals surface area contributed by atoms with Gasteiger partial charge in [-0.1, -0.05) is 61.3 Å². The number of halogens is 2. The molecule has 0 heterocycles. The maximum absolute atomic E-state index is 15.3. The number of hydrogen-bond acceptors (Lipinski definition) is 5. The van der Waals surface area contributed by atoms with E-state index < -0.39 is 53.8 Å². The molecule has 0 aromatic rings. The van der Waals surface area contributed by atoms with Crippen molar-refractivity contribution in [1.82, 2.24) is 20.9 Å². The molecule has 0 aliphatic carbocycles. The summed E-state index contributed by atoms with van der Waals surface area (Å²) in [7, 11) is 1.50. The number of likely N-dealkylation sites (N-methyl/N-ethyl adjacent to an activating group) is 1. The summed E-state index contributed by atoms with van der Waals surface area (Å²) in [5, 5.41) is 17.9. The first-order valence-electron chi connectivity index (χ1n) is 13.7. The minimum absolute atomic E-state index is 0.0411. The fraction of sp³-hybridized carbons (Fsp3) is 0.852. The average molecular weight is 549 g/mol. The van der Waals surface area contributed by atoms with E-state index in [2.05, 4.69) is 16.0 Å². The van der Waals surface area contributed by atoms with E-state index in [0.717, 1.165) is 6.42 Å². The first-order chi connectivity index (χ1) is 17.5. The van der Waals surface area contributed by atoms with Crippen LogP contribution in [0.1, 0.15) is 87.5 Å². The predicted molar refractivity (Wildman–Crippen MR) is 143 cm³/mol. The van der Waals surface area contributed by atoms with Gasteiger partial charge < -0.3 is 26.0 Å². The molecule has 0 fully saturated rings. The van der Waals surface area contributed by atoms with Gasteiger partial charge in [-0.2, -0.15) is 8.78 Å². The molecule has 3 unspecified atom stereocenters. The molecule has 0 bridgehead atoms. The maximum Gasteiger partial charge on any atom is 0.351 e. The second kappa shape index (κ2) is 16.6. The van der Waals surface area contributed by atoms with Crippen molar-refractivity contribution in [3.8, 4) is 0 Å². The van der Waals surface area contributed by atoms with Gasteiger partial charge in [-0.25, -0.2) is 0 Å². The molecule has 0 aromatic heterocycles. The number of alkyl halides is 2. The molecule has 0 radical (unpaired) electrons. The Morgan fingerprint density at radius 2 is 1.53 bits per heavy atom. The first-order valence-corrected chi connectivity index (χ1v) is 13.7. The Hall–Kier alpha value is -2.30. The smallest absolute Gasteiger partial charge is 0.351 e. The van der Waals surface area contributed by atoms with Gasteiger partial charge in [-0.3, -0.25) is 19.2 Å². The Morgan fingerprint density at radius 3 is 1.97 bits per heavy atom. The van der Waals surface area contributed by atoms with Gasteiger partial charge >= 0.3 is 5.92 Å². The van der Waals surface area contributed by atoms with E-state index in [-0.39, 0.29) is 37.0 Å². The number of aliphatic hydroxyl groups excluding tert-OH is 1. The summed E-state index contributed by atoms with van der Waals surface area (Å²) in [6, 6.07) is -3.65. The van der Waals surface area contributed by atoms with Gasteiger partial charge in [-0.15, -0.1) is 0 Å². The fourth-order valence-electron chi connectivity index (χ4n) is 3.86. The highest BCUT2D eigenvalue weighted by molar-refractivity contribution is 5.91. The number of rotatable bonds is 17. The van der Waals surface area contributed by atoms with Crippen molar-refractivity contribution in [2.75, 3.05) is 13.6 Å². The summed E-state index contributed by atoms with van der Waals surface area (Å²) in [5.41, 5.74) is 0. The molecule has 5 atom stereocenters. The zero-order valence-corrected chi connectivity index (χ0v) is 24.6. The summed E-state index contributed by atoms with van der Waals surface area (Å²) < 4.78 is 30.5. The molecule has 4 amide bonds. The van der Waals surface area contributed by atoms with E-state index in [4.69, 9.17) is 0 Å². The van der Waals surface area contributed by atoms with Gasteiger partial charge in [0.15, 0.2) is 0 Å². The molecular formula is C27H50F2N4O5. The van der Waals surface area contributed by atoms with Crippen molar-refractivity contribution in [2.45, 2.75) is 118 Å². The lowest BCUT2D eigenvalue weighted by Gasteiger charge is -2.33. The van der Waals surface area contributed by atoms with Crippen LogP contribution in [-0.2, 0) is 19.2 Å². The molecule has 0 aliphatic heterocycles. The number of nitrogens with one attached hydrogen (secondary N) is 3. The number of amides is 4. The molecule has 0 rings (SSSR count). The Morgan fingerprint density at radius 1 is 0.947 bits per heavy atom. The van der Waals surface area contributed by atoms with Crippen LogP contribution in [-0.4, -0.2) is 77.4 Å². The third-order valence-electron chi connectivity index (χ3n) is 6.64. The van der Waals surface area contributed by atoms with E-state index in [1.165, 1.54) is 11.9 Å². The quantitative estimate of drug-likeness (QED) is 0.222. The highest BCUT2D eigenvalue weighted by atomic mass is 19.3. The summed E-state index contributed by atoms with van der Waals surface area (Å²) in [5.74, 6) is -8.21. The summed E-state index contributed by atoms with van der Waals surface area (Å²) >= 11 is 0. The lowest BCUT2D eigenvalue weighted by atomic mass is 9.93. The van der Waals surface area contributed by atoms with Gasteiger partial charge in [0.1, 0.15) is 18.2 Å². The van der Waals surface area contributed by atoms with Gasteiger partial charge in [0.05, 0.1) is 6.04 Å². The SMILES string of the molecule is CCCC(NC(=O)C[C@@H](C)CC)C(=O)N[C@@H](CC(C)C)C(O)C(F)(F)C(=O)NC(C(=O)N(C)CC)C(C)C. The Bertz CT molecular complexity index is 779. The van der Waals surface area contributed by atoms with Crippen LogP contribution in [0.2, 0.25) is 0 Å². The van der Waals surface area contributed by atoms with Crippen LogP contribution in [0.5, 0.6) is 0 Å². The number of hydrogen-bond donors (Lipinski definition) is 4. The van der Waals surface area contributed by atoms with Crippen molar-refractivity contribution in [2.24, 2.45) is 17.8 Å². The average Bonchev–Trinajstić information content (AvgIpc) is 2.84. The Kier molecular flexibility index (Phi) is 15.6. The number of carbonyl (C=O) groups excluding carboxylic acids is 4. The lowest BCUT2D eigenvalue weighted by molar-refractivity contribution is -0.170. The molecule has 0 aromatic carbocycles. The minimum Gasteiger partial charge on any atom is -0.384 e. The number of nitrogens with zero attached hydrogens (tertiary/aromatic N) is 1. The summed E-state index contributed by atoms with van der Waals surface area (Å²) in [4.78, 5) is 52.0. The van der Waals surface area contributed by atoms with E-state index >= 15 is 8.78 Å². The Labute approximate surface area is 226 Å². The van der Waals surface area contributed by atoms with Crippen LogP contribution in [0, 0.1) is 17.8 Å². The van der Waals surface area contributed by atoms with Crippen LogP contribution in [0.15, 0.2) is 0 Å². The molecule has 0 aliphatic rings. The molecule has 4 N–H and O–H groups in total. The zero-order chi connectivity index (χ0) is 29.8. The van der Waals surface area contributed by atoms with Gasteiger partial charge in [0, 0.05) is 20.0 Å². The molecule has 0 spiro atoms. The topological polar surface area (TPSA) is 128 Å². The molecule has 11 heteroatoms. The Balaban J connectivity index is 5.80. The van der Waals surface area contributed by atoms with E-state index in [0.29, 0.717) is 13.0 Å². The summed E-state index contributed by atoms with van der Waals surface area (Å²) in [6.45, 7) is 14.4. The van der Waals surface area contributed by atoms with Gasteiger partial charge in [-0.05, 0) is 37.5 Å². The third-order valence-corrected chi connectivity index (χ3v) is 6.64. The summed E-state index contributed by atoms with van der Waals surface area (Å²) in [6.07, 6.45) is -0.754. The minimum atomic E-state index is -4.30. The standard InChI is InChI=1S/C27H50F2N4O5/c1-10-13-19(30-21(34)15-18(8)11-2)24(36)31-20(14-16(4)5)23(35)27(28,29)26(38)32-22(17(6)7)25(37)33(9)12-3/h16-20,22-23,35H,10-15H2,1-9H3,(H,30,34)(H,31,36)(H,32,38)/t18-,19?,20-,22?,23?/m0/s1. The van der Waals surface area contributed by atoms with Crippen LogP contribution in [0.25, 0.3) is 0 Å². The lowest BCUT2D eigenvalue weighted by Crippen LogP contribution is -2.62. The predicted octanol–water partition coefficient (Wildman–Crippen LogP) is 2.85. The molecular weight excluding hydrogens is 498 g/mol. The van der Waals surface area contributed by atoms with Crippen molar-refractivity contribution in [3.63, 3.8) is 0 Å². The van der Waals surface area contributed by atoms with Crippen LogP contribution in [0.4, 0.5) is 8.78 Å². The normalized spacial score (nSPS) is 15.8. The number of carbonyl (C=O) groups is 4. The zero-order valence-electron chi connectivity index (χ0n) is 24.6. The largest absolute Gasteiger partial charge is 0.384 e. The maximum atomic E-state index is 15.3. The highest BCUT2D eigenvalue weighted by Gasteiger charge is 2.51. The van der Waals surface area contributed by atoms with Crippen LogP contribution in [0.3, 0.4) is 0 Å². The molecule has 9 nitrogen and oxygen atoms in total. The molecule has 0 saturated heterocycles. The van der Waals surface area contributed by atoms with Crippen molar-refractivity contribution in [3.05, 3.63) is 0 Å². The van der Waals surface area contributed by atoms with E-state index in [1.807, 2.05) is 20.8 Å².